The van der Waals surface area contributed by atoms with Crippen molar-refractivity contribution in [3.05, 3.63) is 23.3 Å². The van der Waals surface area contributed by atoms with Crippen LogP contribution in [0.2, 0.25) is 0 Å². The molecule has 2 rings (SSSR count). The summed E-state index contributed by atoms with van der Waals surface area (Å²) in [5.41, 5.74) is 2.97. The van der Waals surface area contributed by atoms with Crippen molar-refractivity contribution < 1.29 is 5.11 Å². The molecular weight excluding hydrogens is 186 g/mol. The molecule has 0 amide bonds. The summed E-state index contributed by atoms with van der Waals surface area (Å²) in [5.74, 6) is 1.25. The minimum absolute atomic E-state index is 0.419. The van der Waals surface area contributed by atoms with E-state index in [9.17, 15) is 5.11 Å². The van der Waals surface area contributed by atoms with Gasteiger partial charge in [-0.1, -0.05) is 6.07 Å². The highest BCUT2D eigenvalue weighted by Gasteiger charge is 2.28. The predicted molar refractivity (Wildman–Crippen MR) is 63.4 cm³/mol. The van der Waals surface area contributed by atoms with Gasteiger partial charge in [0, 0.05) is 17.3 Å². The minimum Gasteiger partial charge on any atom is -0.507 e. The highest BCUT2D eigenvalue weighted by atomic mass is 16.3. The lowest BCUT2D eigenvalue weighted by Gasteiger charge is -2.17. The number of aryl methyl sites for hydroxylation is 1. The van der Waals surface area contributed by atoms with Crippen LogP contribution in [0.3, 0.4) is 0 Å². The Bertz CT molecular complexity index is 369. The Morgan fingerprint density at radius 1 is 1.33 bits per heavy atom. The summed E-state index contributed by atoms with van der Waals surface area (Å²) >= 11 is 0. The van der Waals surface area contributed by atoms with Crippen LogP contribution in [0.15, 0.2) is 12.1 Å². The summed E-state index contributed by atoms with van der Waals surface area (Å²) in [6.07, 6.45) is 2.68. The van der Waals surface area contributed by atoms with Crippen LogP contribution in [-0.4, -0.2) is 11.1 Å². The van der Waals surface area contributed by atoms with E-state index in [2.05, 4.69) is 18.3 Å². The molecule has 82 valence electrons. The van der Waals surface area contributed by atoms with Gasteiger partial charge in [0.15, 0.2) is 0 Å². The number of hydrogen-bond donors (Lipinski definition) is 2. The molecule has 0 heterocycles. The van der Waals surface area contributed by atoms with Crippen molar-refractivity contribution >= 4 is 5.69 Å². The minimum atomic E-state index is 0.419. The van der Waals surface area contributed by atoms with E-state index in [0.29, 0.717) is 11.8 Å². The fourth-order valence-corrected chi connectivity index (χ4v) is 1.95. The van der Waals surface area contributed by atoms with Crippen molar-refractivity contribution in [3.63, 3.8) is 0 Å². The van der Waals surface area contributed by atoms with Gasteiger partial charge in [0.2, 0.25) is 0 Å². The van der Waals surface area contributed by atoms with Crippen LogP contribution in [0.4, 0.5) is 5.69 Å². The molecule has 0 aromatic heterocycles. The fourth-order valence-electron chi connectivity index (χ4n) is 1.95. The van der Waals surface area contributed by atoms with Gasteiger partial charge in [-0.05, 0) is 51.2 Å². The third kappa shape index (κ3) is 2.09. The van der Waals surface area contributed by atoms with E-state index in [1.807, 2.05) is 19.9 Å². The lowest BCUT2D eigenvalue weighted by atomic mass is 10.1. The number of phenols is 1. The summed E-state index contributed by atoms with van der Waals surface area (Å²) in [7, 11) is 0. The van der Waals surface area contributed by atoms with Crippen LogP contribution in [0.5, 0.6) is 5.75 Å². The molecule has 0 aliphatic heterocycles. The van der Waals surface area contributed by atoms with Crippen LogP contribution in [0.1, 0.15) is 30.9 Å². The van der Waals surface area contributed by atoms with Gasteiger partial charge in [0.05, 0.1) is 0 Å². The molecule has 1 atom stereocenters. The van der Waals surface area contributed by atoms with E-state index in [1.54, 1.807) is 0 Å². The normalized spacial score (nSPS) is 17.5. The lowest BCUT2D eigenvalue weighted by molar-refractivity contribution is 0.467. The van der Waals surface area contributed by atoms with E-state index in [-0.39, 0.29) is 0 Å². The second-order valence-electron chi connectivity index (χ2n) is 4.67. The quantitative estimate of drug-likeness (QED) is 0.794. The maximum absolute atomic E-state index is 9.81. The summed E-state index contributed by atoms with van der Waals surface area (Å²) < 4.78 is 0. The zero-order valence-corrected chi connectivity index (χ0v) is 9.67. The molecule has 1 aliphatic rings. The fraction of sp³-hybridized carbons (Fsp3) is 0.538. The van der Waals surface area contributed by atoms with Crippen molar-refractivity contribution in [1.29, 1.82) is 0 Å². The maximum atomic E-state index is 9.81. The van der Waals surface area contributed by atoms with Crippen LogP contribution in [0.25, 0.3) is 0 Å². The lowest BCUT2D eigenvalue weighted by Crippen LogP contribution is -2.17. The zero-order valence-electron chi connectivity index (χ0n) is 9.67. The monoisotopic (exact) mass is 205 g/mol. The van der Waals surface area contributed by atoms with Gasteiger partial charge in [-0.2, -0.15) is 0 Å². The van der Waals surface area contributed by atoms with Crippen molar-refractivity contribution in [2.75, 3.05) is 5.32 Å². The Balaban J connectivity index is 2.17. The third-order valence-corrected chi connectivity index (χ3v) is 3.35. The van der Waals surface area contributed by atoms with E-state index in [0.717, 1.165) is 22.7 Å². The van der Waals surface area contributed by atoms with Crippen molar-refractivity contribution in [2.45, 2.75) is 39.7 Å². The Labute approximate surface area is 91.3 Å². The summed E-state index contributed by atoms with van der Waals surface area (Å²) in [6.45, 7) is 6.11. The van der Waals surface area contributed by atoms with Crippen LogP contribution in [-0.2, 0) is 0 Å². The molecule has 2 heteroatoms. The van der Waals surface area contributed by atoms with Crippen LogP contribution >= 0.6 is 0 Å². The maximum Gasteiger partial charge on any atom is 0.123 e. The highest BCUT2D eigenvalue weighted by Crippen LogP contribution is 2.35. The number of benzene rings is 1. The number of anilines is 1. The first kappa shape index (κ1) is 10.3. The smallest absolute Gasteiger partial charge is 0.123 e. The van der Waals surface area contributed by atoms with Gasteiger partial charge in [-0.15, -0.1) is 0 Å². The number of nitrogens with one attached hydrogen (secondary N) is 1. The van der Waals surface area contributed by atoms with Gasteiger partial charge >= 0.3 is 0 Å². The van der Waals surface area contributed by atoms with Crippen molar-refractivity contribution in [2.24, 2.45) is 5.92 Å². The molecule has 0 bridgehead atoms. The average Bonchev–Trinajstić information content (AvgIpc) is 3.02. The van der Waals surface area contributed by atoms with Crippen LogP contribution < -0.4 is 5.32 Å². The van der Waals surface area contributed by atoms with Gasteiger partial charge in [0.25, 0.3) is 0 Å². The second kappa shape index (κ2) is 3.76. The Morgan fingerprint density at radius 3 is 2.60 bits per heavy atom. The third-order valence-electron chi connectivity index (χ3n) is 3.35. The Hall–Kier alpha value is -1.18. The van der Waals surface area contributed by atoms with E-state index in [1.165, 1.54) is 12.8 Å². The van der Waals surface area contributed by atoms with Crippen LogP contribution in [0, 0.1) is 19.8 Å². The molecule has 0 spiro atoms. The summed E-state index contributed by atoms with van der Waals surface area (Å²) in [6, 6.07) is 4.54. The second-order valence-corrected chi connectivity index (χ2v) is 4.67. The SMILES string of the molecule is Cc1ccc(NC(C)C2CC2)c(C)c1O. The average molecular weight is 205 g/mol. The molecular formula is C13H19NO. The van der Waals surface area contributed by atoms with E-state index >= 15 is 0 Å². The molecule has 1 fully saturated rings. The molecule has 1 aliphatic carbocycles. The molecule has 2 N–H and O–H groups in total. The topological polar surface area (TPSA) is 32.3 Å². The molecule has 0 radical (unpaired) electrons. The van der Waals surface area contributed by atoms with Gasteiger partial charge in [-0.25, -0.2) is 0 Å². The number of phenolic OH excluding ortho intramolecular Hbond substituents is 1. The summed E-state index contributed by atoms with van der Waals surface area (Å²) in [5, 5.41) is 13.3. The number of rotatable bonds is 3. The van der Waals surface area contributed by atoms with E-state index in [4.69, 9.17) is 0 Å². The predicted octanol–water partition coefficient (Wildman–Crippen LogP) is 3.22. The first-order chi connectivity index (χ1) is 7.09. The first-order valence-electron chi connectivity index (χ1n) is 5.65. The molecule has 2 nitrogen and oxygen atoms in total. The number of hydrogen-bond acceptors (Lipinski definition) is 2. The van der Waals surface area contributed by atoms with E-state index < -0.39 is 0 Å². The molecule has 1 aromatic rings. The molecule has 1 saturated carbocycles. The molecule has 1 unspecified atom stereocenters. The Morgan fingerprint density at radius 2 is 2.00 bits per heavy atom. The molecule has 15 heavy (non-hydrogen) atoms. The highest BCUT2D eigenvalue weighted by molar-refractivity contribution is 5.59. The van der Waals surface area contributed by atoms with Crippen molar-refractivity contribution in [3.8, 4) is 5.75 Å². The van der Waals surface area contributed by atoms with Crippen molar-refractivity contribution in [1.82, 2.24) is 0 Å². The summed E-state index contributed by atoms with van der Waals surface area (Å²) in [4.78, 5) is 0. The standard InChI is InChI=1S/C13H19NO/c1-8-4-7-12(9(2)13(8)15)14-10(3)11-5-6-11/h4,7,10-11,14-15H,5-6H2,1-3H3. The molecule has 0 saturated heterocycles. The zero-order chi connectivity index (χ0) is 11.0. The Kier molecular flexibility index (Phi) is 2.59. The first-order valence-corrected chi connectivity index (χ1v) is 5.65. The molecule has 1 aromatic carbocycles. The largest absolute Gasteiger partial charge is 0.507 e. The van der Waals surface area contributed by atoms with Gasteiger partial charge in [-0.3, -0.25) is 0 Å². The number of aromatic hydroxyl groups is 1. The van der Waals surface area contributed by atoms with Gasteiger partial charge < -0.3 is 10.4 Å². The van der Waals surface area contributed by atoms with Gasteiger partial charge in [0.1, 0.15) is 5.75 Å².